The van der Waals surface area contributed by atoms with Crippen molar-refractivity contribution in [2.45, 2.75) is 58.0 Å². The van der Waals surface area contributed by atoms with Crippen molar-refractivity contribution in [2.24, 2.45) is 5.92 Å². The van der Waals surface area contributed by atoms with Gasteiger partial charge in [0.2, 0.25) is 11.7 Å². The van der Waals surface area contributed by atoms with Gasteiger partial charge in [-0.1, -0.05) is 19.9 Å². The number of benzene rings is 2. The Balaban J connectivity index is 1.65. The maximum Gasteiger partial charge on any atom is 0.416 e. The topological polar surface area (TPSA) is 102 Å². The number of hydrogen-bond donors (Lipinski definition) is 1. The minimum atomic E-state index is -4.65. The maximum atomic E-state index is 13.7. The van der Waals surface area contributed by atoms with E-state index in [1.165, 1.54) is 36.4 Å². The Morgan fingerprint density at radius 1 is 1.18 bits per heavy atom. The number of hydrogen-bond acceptors (Lipinski definition) is 6. The number of carbonyl (C=O) groups excluding carboxylic acids is 2. The summed E-state index contributed by atoms with van der Waals surface area (Å²) in [5.74, 6) is -1.61. The first kappa shape index (κ1) is 29.1. The molecule has 40 heavy (non-hydrogen) atoms. The molecule has 4 rings (SSSR count). The Labute approximate surface area is 228 Å². The second kappa shape index (κ2) is 12.5. The fraction of sp³-hybridized carbons (Fsp3) is 0.444. The molecule has 2 heterocycles. The van der Waals surface area contributed by atoms with Crippen LogP contribution in [0.25, 0.3) is 11.4 Å². The Hall–Kier alpha value is -3.87. The molecule has 214 valence electrons. The highest BCUT2D eigenvalue weighted by molar-refractivity contribution is 6.00. The highest BCUT2D eigenvalue weighted by Gasteiger charge is 2.36. The van der Waals surface area contributed by atoms with E-state index in [2.05, 4.69) is 20.7 Å². The number of amides is 2. The van der Waals surface area contributed by atoms with Crippen molar-refractivity contribution < 1.29 is 31.9 Å². The van der Waals surface area contributed by atoms with Crippen LogP contribution in [0.2, 0.25) is 0 Å². The second-order valence-electron chi connectivity index (χ2n) is 9.99. The van der Waals surface area contributed by atoms with Crippen LogP contribution in [0.5, 0.6) is 0 Å². The molecule has 2 aromatic carbocycles. The van der Waals surface area contributed by atoms with E-state index < -0.39 is 42.0 Å². The minimum Gasteiger partial charge on any atom is -0.376 e. The third-order valence-corrected chi connectivity index (χ3v) is 6.39. The molecule has 1 saturated heterocycles. The summed E-state index contributed by atoms with van der Waals surface area (Å²) in [5.41, 5.74) is -0.582. The molecule has 1 aromatic heterocycles. The molecule has 1 N–H and O–H groups in total. The Morgan fingerprint density at radius 3 is 2.58 bits per heavy atom. The van der Waals surface area contributed by atoms with Gasteiger partial charge in [0.25, 0.3) is 5.91 Å². The van der Waals surface area contributed by atoms with E-state index in [4.69, 9.17) is 4.74 Å². The molecule has 0 radical (unpaired) electrons. The van der Waals surface area contributed by atoms with E-state index in [-0.39, 0.29) is 36.5 Å². The van der Waals surface area contributed by atoms with Crippen LogP contribution < -0.4 is 10.2 Å². The molecule has 1 aliphatic rings. The maximum absolute atomic E-state index is 13.7. The van der Waals surface area contributed by atoms with Crippen LogP contribution in [0.1, 0.15) is 38.7 Å². The molecular formula is C27H30F4N6O3. The predicted molar refractivity (Wildman–Crippen MR) is 137 cm³/mol. The molecule has 0 bridgehead atoms. The SMILES string of the molecule is CC(C)C[C@@H](C(=O)NC[C@@H]1CCCO1)N(C(=O)Cn1nnc(-c2ccc(F)cc2)n1)c1cccc(C(F)(F)F)c1. The van der Waals surface area contributed by atoms with Crippen LogP contribution in [0.15, 0.2) is 48.5 Å². The average Bonchev–Trinajstić information content (AvgIpc) is 3.59. The number of nitrogens with zero attached hydrogens (tertiary/aromatic N) is 5. The monoisotopic (exact) mass is 562 g/mol. The first-order valence-electron chi connectivity index (χ1n) is 12.9. The quantitative estimate of drug-likeness (QED) is 0.371. The normalized spacial score (nSPS) is 16.2. The summed E-state index contributed by atoms with van der Waals surface area (Å²) in [6.45, 7) is 4.02. The molecule has 1 fully saturated rings. The molecule has 3 aromatic rings. The van der Waals surface area contributed by atoms with Gasteiger partial charge < -0.3 is 10.1 Å². The molecule has 0 unspecified atom stereocenters. The number of nitrogens with one attached hydrogen (secondary N) is 1. The summed E-state index contributed by atoms with van der Waals surface area (Å²) in [6, 6.07) is 8.52. The number of halogens is 4. The number of rotatable bonds is 10. The minimum absolute atomic E-state index is 0.0749. The number of tetrazole rings is 1. The van der Waals surface area contributed by atoms with Gasteiger partial charge in [0.1, 0.15) is 18.4 Å². The van der Waals surface area contributed by atoms with E-state index in [0.717, 1.165) is 34.7 Å². The van der Waals surface area contributed by atoms with Gasteiger partial charge in [-0.3, -0.25) is 14.5 Å². The standard InChI is InChI=1S/C27H30F4N6O3/c1-17(2)13-23(26(39)32-15-22-7-4-12-40-22)37(21-6-3-5-19(14-21)27(29,30)31)24(38)16-36-34-25(33-35-36)18-8-10-20(28)11-9-18/h3,5-6,8-11,14,17,22-23H,4,7,12-13,15-16H2,1-2H3,(H,32,39)/t22-,23-/m0/s1. The van der Waals surface area contributed by atoms with Crippen molar-refractivity contribution in [3.8, 4) is 11.4 Å². The number of carbonyl (C=O) groups is 2. The lowest BCUT2D eigenvalue weighted by molar-refractivity contribution is -0.137. The number of anilines is 1. The first-order valence-corrected chi connectivity index (χ1v) is 12.9. The molecule has 2 amide bonds. The van der Waals surface area contributed by atoms with E-state index in [9.17, 15) is 27.2 Å². The zero-order valence-electron chi connectivity index (χ0n) is 22.1. The largest absolute Gasteiger partial charge is 0.416 e. The van der Waals surface area contributed by atoms with Gasteiger partial charge in [0.05, 0.1) is 11.7 Å². The molecule has 0 aliphatic carbocycles. The van der Waals surface area contributed by atoms with Gasteiger partial charge in [-0.25, -0.2) is 4.39 Å². The first-order chi connectivity index (χ1) is 19.0. The van der Waals surface area contributed by atoms with Crippen molar-refractivity contribution in [3.05, 3.63) is 59.9 Å². The fourth-order valence-electron chi connectivity index (χ4n) is 4.47. The van der Waals surface area contributed by atoms with Gasteiger partial charge >= 0.3 is 6.18 Å². The predicted octanol–water partition coefficient (Wildman–Crippen LogP) is 4.24. The molecule has 0 saturated carbocycles. The highest BCUT2D eigenvalue weighted by atomic mass is 19.4. The van der Waals surface area contributed by atoms with Crippen LogP contribution in [0.3, 0.4) is 0 Å². The second-order valence-corrected chi connectivity index (χ2v) is 9.99. The van der Waals surface area contributed by atoms with Crippen molar-refractivity contribution in [2.75, 3.05) is 18.1 Å². The van der Waals surface area contributed by atoms with Crippen molar-refractivity contribution >= 4 is 17.5 Å². The van der Waals surface area contributed by atoms with Crippen LogP contribution in [-0.2, 0) is 27.0 Å². The summed E-state index contributed by atoms with van der Waals surface area (Å²) in [7, 11) is 0. The van der Waals surface area contributed by atoms with Gasteiger partial charge in [0, 0.05) is 24.4 Å². The van der Waals surface area contributed by atoms with Crippen LogP contribution in [-0.4, -0.2) is 57.3 Å². The molecule has 1 aliphatic heterocycles. The van der Waals surface area contributed by atoms with Crippen LogP contribution in [0, 0.1) is 11.7 Å². The van der Waals surface area contributed by atoms with Gasteiger partial charge in [-0.2, -0.15) is 18.0 Å². The summed E-state index contributed by atoms with van der Waals surface area (Å²) >= 11 is 0. The van der Waals surface area contributed by atoms with Gasteiger partial charge in [-0.15, -0.1) is 10.2 Å². The summed E-state index contributed by atoms with van der Waals surface area (Å²) in [4.78, 5) is 29.2. The Kier molecular flexibility index (Phi) is 9.13. The molecule has 2 atom stereocenters. The van der Waals surface area contributed by atoms with E-state index in [1.807, 2.05) is 13.8 Å². The molecular weight excluding hydrogens is 532 g/mol. The van der Waals surface area contributed by atoms with E-state index in [1.54, 1.807) is 0 Å². The summed E-state index contributed by atoms with van der Waals surface area (Å²) in [5, 5.41) is 14.8. The zero-order valence-corrected chi connectivity index (χ0v) is 22.1. The van der Waals surface area contributed by atoms with Crippen LogP contribution >= 0.6 is 0 Å². The molecule has 9 nitrogen and oxygen atoms in total. The number of ether oxygens (including phenoxy) is 1. The zero-order chi connectivity index (χ0) is 28.9. The lowest BCUT2D eigenvalue weighted by Crippen LogP contribution is -2.52. The summed E-state index contributed by atoms with van der Waals surface area (Å²) in [6.07, 6.45) is -2.98. The van der Waals surface area contributed by atoms with Crippen molar-refractivity contribution in [1.29, 1.82) is 0 Å². The number of alkyl halides is 3. The smallest absolute Gasteiger partial charge is 0.376 e. The lowest BCUT2D eigenvalue weighted by atomic mass is 10.00. The van der Waals surface area contributed by atoms with Gasteiger partial charge in [0.15, 0.2) is 0 Å². The average molecular weight is 563 g/mol. The number of aromatic nitrogens is 4. The van der Waals surface area contributed by atoms with Gasteiger partial charge in [-0.05, 0) is 72.9 Å². The Morgan fingerprint density at radius 2 is 1.93 bits per heavy atom. The third-order valence-electron chi connectivity index (χ3n) is 6.39. The van der Waals surface area contributed by atoms with Crippen LogP contribution in [0.4, 0.5) is 23.2 Å². The lowest BCUT2D eigenvalue weighted by Gasteiger charge is -2.32. The van der Waals surface area contributed by atoms with E-state index in [0.29, 0.717) is 12.2 Å². The summed E-state index contributed by atoms with van der Waals surface area (Å²) < 4.78 is 59.6. The fourth-order valence-corrected chi connectivity index (χ4v) is 4.47. The Bertz CT molecular complexity index is 1310. The highest BCUT2D eigenvalue weighted by Crippen LogP contribution is 2.33. The molecule has 0 spiro atoms. The van der Waals surface area contributed by atoms with Crippen molar-refractivity contribution in [3.63, 3.8) is 0 Å². The molecule has 13 heteroatoms. The third kappa shape index (κ3) is 7.40. The van der Waals surface area contributed by atoms with Crippen molar-refractivity contribution in [1.82, 2.24) is 25.5 Å². The van der Waals surface area contributed by atoms with E-state index >= 15 is 0 Å².